The van der Waals surface area contributed by atoms with E-state index in [9.17, 15) is 9.18 Å². The lowest BCUT2D eigenvalue weighted by Gasteiger charge is -2.07. The second-order valence-corrected chi connectivity index (χ2v) is 9.33. The molecule has 1 aliphatic carbocycles. The van der Waals surface area contributed by atoms with E-state index in [1.807, 2.05) is 6.07 Å². The highest BCUT2D eigenvalue weighted by atomic mass is 19.1. The fourth-order valence-corrected chi connectivity index (χ4v) is 4.55. The van der Waals surface area contributed by atoms with Crippen LogP contribution in [0.15, 0.2) is 67.1 Å². The van der Waals surface area contributed by atoms with Gasteiger partial charge in [-0.3, -0.25) is 19.9 Å². The Labute approximate surface area is 214 Å². The molecular formula is C28H19F2N7O. The molecule has 1 aliphatic rings. The van der Waals surface area contributed by atoms with Gasteiger partial charge >= 0.3 is 0 Å². The molecule has 4 heterocycles. The Morgan fingerprint density at radius 3 is 2.61 bits per heavy atom. The summed E-state index contributed by atoms with van der Waals surface area (Å²) < 4.78 is 28.6. The first-order valence-electron chi connectivity index (χ1n) is 12.1. The van der Waals surface area contributed by atoms with E-state index in [0.717, 1.165) is 23.9 Å². The Balaban J connectivity index is 1.31. The molecule has 186 valence electrons. The van der Waals surface area contributed by atoms with Gasteiger partial charge in [0, 0.05) is 34.8 Å². The van der Waals surface area contributed by atoms with Gasteiger partial charge in [-0.25, -0.2) is 13.8 Å². The van der Waals surface area contributed by atoms with Crippen LogP contribution >= 0.6 is 0 Å². The molecule has 0 radical (unpaired) electrons. The van der Waals surface area contributed by atoms with E-state index < -0.39 is 5.82 Å². The minimum absolute atomic E-state index is 0.0258. The molecule has 1 fully saturated rings. The monoisotopic (exact) mass is 507 g/mol. The number of nitrogens with one attached hydrogen (secondary N) is 3. The number of H-pyrrole nitrogens is 2. The van der Waals surface area contributed by atoms with Gasteiger partial charge < -0.3 is 10.3 Å². The van der Waals surface area contributed by atoms with E-state index in [1.54, 1.807) is 42.9 Å². The molecule has 3 N–H and O–H groups in total. The maximum absolute atomic E-state index is 15.2. The summed E-state index contributed by atoms with van der Waals surface area (Å²) in [7, 11) is 0. The quantitative estimate of drug-likeness (QED) is 0.271. The summed E-state index contributed by atoms with van der Waals surface area (Å²) >= 11 is 0. The van der Waals surface area contributed by atoms with Crippen molar-refractivity contribution >= 4 is 33.5 Å². The largest absolute Gasteiger partial charge is 0.337 e. The number of hydrogen-bond donors (Lipinski definition) is 3. The number of amides is 1. The number of imidazole rings is 1. The lowest BCUT2D eigenvalue weighted by molar-refractivity contribution is -0.117. The topological polar surface area (TPSA) is 112 Å². The molecule has 1 saturated carbocycles. The first-order valence-corrected chi connectivity index (χ1v) is 12.1. The van der Waals surface area contributed by atoms with Crippen LogP contribution in [0.4, 0.5) is 14.5 Å². The van der Waals surface area contributed by atoms with Crippen molar-refractivity contribution in [3.63, 3.8) is 0 Å². The smallest absolute Gasteiger partial charge is 0.227 e. The van der Waals surface area contributed by atoms with E-state index in [0.29, 0.717) is 44.9 Å². The molecule has 0 spiro atoms. The average Bonchev–Trinajstić information content (AvgIpc) is 3.55. The van der Waals surface area contributed by atoms with Crippen molar-refractivity contribution in [3.8, 4) is 33.9 Å². The second-order valence-electron chi connectivity index (χ2n) is 9.33. The van der Waals surface area contributed by atoms with E-state index in [1.165, 1.54) is 18.2 Å². The molecule has 7 rings (SSSR count). The van der Waals surface area contributed by atoms with Gasteiger partial charge in [0.25, 0.3) is 0 Å². The van der Waals surface area contributed by atoms with Crippen molar-refractivity contribution in [2.45, 2.75) is 12.8 Å². The van der Waals surface area contributed by atoms with Crippen LogP contribution in [0.5, 0.6) is 0 Å². The van der Waals surface area contributed by atoms with Gasteiger partial charge in [0.1, 0.15) is 22.5 Å². The molecule has 0 saturated heterocycles. The zero-order valence-corrected chi connectivity index (χ0v) is 19.8. The molecule has 10 heteroatoms. The van der Waals surface area contributed by atoms with Crippen molar-refractivity contribution in [1.29, 1.82) is 0 Å². The fourth-order valence-electron chi connectivity index (χ4n) is 4.55. The van der Waals surface area contributed by atoms with Gasteiger partial charge in [-0.2, -0.15) is 5.10 Å². The average molecular weight is 508 g/mol. The fraction of sp³-hybridized carbons (Fsp3) is 0.107. The van der Waals surface area contributed by atoms with Crippen LogP contribution < -0.4 is 5.32 Å². The first-order chi connectivity index (χ1) is 18.5. The normalized spacial score (nSPS) is 13.3. The predicted octanol–water partition coefficient (Wildman–Crippen LogP) is 5.86. The van der Waals surface area contributed by atoms with Crippen molar-refractivity contribution < 1.29 is 13.6 Å². The zero-order valence-electron chi connectivity index (χ0n) is 19.8. The van der Waals surface area contributed by atoms with Crippen LogP contribution in [0.2, 0.25) is 0 Å². The minimum Gasteiger partial charge on any atom is -0.337 e. The summed E-state index contributed by atoms with van der Waals surface area (Å²) in [6, 6.07) is 12.8. The number of nitrogens with zero attached hydrogens (tertiary/aromatic N) is 4. The summed E-state index contributed by atoms with van der Waals surface area (Å²) in [5.41, 5.74) is 5.10. The molecular weight excluding hydrogens is 488 g/mol. The molecule has 0 unspecified atom stereocenters. The Morgan fingerprint density at radius 2 is 1.79 bits per heavy atom. The van der Waals surface area contributed by atoms with Crippen molar-refractivity contribution in [1.82, 2.24) is 30.1 Å². The Bertz CT molecular complexity index is 1860. The van der Waals surface area contributed by atoms with Crippen LogP contribution in [0.3, 0.4) is 0 Å². The van der Waals surface area contributed by atoms with Crippen LogP contribution in [0.25, 0.3) is 55.8 Å². The lowest BCUT2D eigenvalue weighted by atomic mass is 10.0. The Kier molecular flexibility index (Phi) is 5.00. The maximum Gasteiger partial charge on any atom is 0.227 e. The number of fused-ring (bicyclic) bond motifs is 2. The summed E-state index contributed by atoms with van der Waals surface area (Å²) in [4.78, 5) is 28.9. The molecule has 2 aromatic carbocycles. The Hall–Kier alpha value is -4.99. The van der Waals surface area contributed by atoms with Crippen molar-refractivity contribution in [2.75, 3.05) is 5.32 Å². The number of hydrogen-bond acceptors (Lipinski definition) is 5. The zero-order chi connectivity index (χ0) is 25.8. The van der Waals surface area contributed by atoms with Crippen LogP contribution in [-0.2, 0) is 4.79 Å². The maximum atomic E-state index is 15.2. The third kappa shape index (κ3) is 3.86. The number of rotatable bonds is 5. The van der Waals surface area contributed by atoms with E-state index in [2.05, 4.69) is 30.5 Å². The highest BCUT2D eigenvalue weighted by molar-refractivity contribution is 5.98. The third-order valence-corrected chi connectivity index (χ3v) is 6.65. The van der Waals surface area contributed by atoms with E-state index in [-0.39, 0.29) is 23.2 Å². The predicted molar refractivity (Wildman–Crippen MR) is 139 cm³/mol. The highest BCUT2D eigenvalue weighted by Gasteiger charge is 2.29. The number of benzene rings is 2. The van der Waals surface area contributed by atoms with Gasteiger partial charge in [-0.05, 0) is 66.9 Å². The molecule has 1 amide bonds. The summed E-state index contributed by atoms with van der Waals surface area (Å²) in [5, 5.41) is 10.5. The Morgan fingerprint density at radius 1 is 0.947 bits per heavy atom. The molecule has 0 aliphatic heterocycles. The van der Waals surface area contributed by atoms with Crippen molar-refractivity contribution in [3.05, 3.63) is 78.8 Å². The van der Waals surface area contributed by atoms with E-state index >= 15 is 4.39 Å². The van der Waals surface area contributed by atoms with Gasteiger partial charge in [-0.15, -0.1) is 0 Å². The number of aromatic amines is 2. The number of pyridine rings is 2. The summed E-state index contributed by atoms with van der Waals surface area (Å²) in [6.07, 6.45) is 6.63. The highest BCUT2D eigenvalue weighted by Crippen LogP contribution is 2.35. The first kappa shape index (κ1) is 22.2. The standard InChI is InChI=1S/C28H19F2N7O/c29-18-5-3-14(4-6-18)23-26-22(7-8-32-23)34-27(35-26)25-20-10-16(11-21(30)24(20)36-37-25)17-9-19(13-31-12-17)33-28(38)15-1-2-15/h3-13,15H,1-2H2,(H,33,38)(H,34,35)(H,36,37). The third-order valence-electron chi connectivity index (χ3n) is 6.65. The number of halogens is 2. The van der Waals surface area contributed by atoms with Gasteiger partial charge in [0.15, 0.2) is 11.6 Å². The van der Waals surface area contributed by atoms with Gasteiger partial charge in [-0.1, -0.05) is 0 Å². The SMILES string of the molecule is O=C(Nc1cncc(-c2cc(F)c3n[nH]c(-c4nc5c(-c6ccc(F)cc6)nccc5[nH]4)c3c2)c1)C1CC1. The molecule has 6 aromatic rings. The molecule has 0 atom stereocenters. The van der Waals surface area contributed by atoms with Crippen molar-refractivity contribution in [2.24, 2.45) is 5.92 Å². The summed E-state index contributed by atoms with van der Waals surface area (Å²) in [6.45, 7) is 0. The number of anilines is 1. The molecule has 8 nitrogen and oxygen atoms in total. The van der Waals surface area contributed by atoms with Crippen LogP contribution in [0.1, 0.15) is 12.8 Å². The van der Waals surface area contributed by atoms with Gasteiger partial charge in [0.2, 0.25) is 5.91 Å². The number of aromatic nitrogens is 6. The number of carbonyl (C=O) groups is 1. The van der Waals surface area contributed by atoms with Crippen LogP contribution in [-0.4, -0.2) is 36.0 Å². The molecule has 0 bridgehead atoms. The lowest BCUT2D eigenvalue weighted by Crippen LogP contribution is -2.13. The summed E-state index contributed by atoms with van der Waals surface area (Å²) in [5.74, 6) is -0.349. The second kappa shape index (κ2) is 8.55. The molecule has 38 heavy (non-hydrogen) atoms. The van der Waals surface area contributed by atoms with E-state index in [4.69, 9.17) is 4.98 Å². The number of carbonyl (C=O) groups excluding carboxylic acids is 1. The molecule has 4 aromatic heterocycles. The minimum atomic E-state index is -0.503. The van der Waals surface area contributed by atoms with Gasteiger partial charge in [0.05, 0.1) is 23.1 Å². The van der Waals surface area contributed by atoms with Crippen LogP contribution in [0, 0.1) is 17.6 Å².